The molecule has 2 N–H and O–H groups in total. The summed E-state index contributed by atoms with van der Waals surface area (Å²) in [4.78, 5) is 24.7. The summed E-state index contributed by atoms with van der Waals surface area (Å²) in [6.07, 6.45) is 3.21. The smallest absolute Gasteiger partial charge is 0.260 e. The SMILES string of the molecule is CCNc1cnccc1C(=O)Nc1nc(C)cc(C)n1. The van der Waals surface area contributed by atoms with Crippen LogP contribution >= 0.6 is 0 Å². The van der Waals surface area contributed by atoms with Gasteiger partial charge in [0.1, 0.15) is 0 Å². The van der Waals surface area contributed by atoms with Crippen LogP contribution in [0.3, 0.4) is 0 Å². The van der Waals surface area contributed by atoms with E-state index in [9.17, 15) is 4.79 Å². The van der Waals surface area contributed by atoms with E-state index in [1.165, 1.54) is 0 Å². The second-order valence-electron chi connectivity index (χ2n) is 4.38. The van der Waals surface area contributed by atoms with E-state index >= 15 is 0 Å². The van der Waals surface area contributed by atoms with Gasteiger partial charge in [0.05, 0.1) is 17.4 Å². The highest BCUT2D eigenvalue weighted by molar-refractivity contribution is 6.07. The second kappa shape index (κ2) is 6.10. The summed E-state index contributed by atoms with van der Waals surface area (Å²) in [7, 11) is 0. The molecule has 0 aliphatic rings. The van der Waals surface area contributed by atoms with Crippen molar-refractivity contribution in [2.24, 2.45) is 0 Å². The Morgan fingerprint density at radius 3 is 2.60 bits per heavy atom. The van der Waals surface area contributed by atoms with Crippen LogP contribution in [0, 0.1) is 13.8 Å². The topological polar surface area (TPSA) is 79.8 Å². The van der Waals surface area contributed by atoms with E-state index in [0.717, 1.165) is 11.4 Å². The van der Waals surface area contributed by atoms with E-state index in [4.69, 9.17) is 0 Å². The molecule has 20 heavy (non-hydrogen) atoms. The number of hydrogen-bond acceptors (Lipinski definition) is 5. The molecule has 2 aromatic heterocycles. The van der Waals surface area contributed by atoms with E-state index in [2.05, 4.69) is 25.6 Å². The summed E-state index contributed by atoms with van der Waals surface area (Å²) >= 11 is 0. The van der Waals surface area contributed by atoms with Crippen LogP contribution in [0.15, 0.2) is 24.5 Å². The molecule has 0 saturated carbocycles. The first kappa shape index (κ1) is 13.9. The molecular weight excluding hydrogens is 254 g/mol. The maximum atomic E-state index is 12.3. The zero-order valence-electron chi connectivity index (χ0n) is 11.8. The molecule has 0 spiro atoms. The van der Waals surface area contributed by atoms with E-state index in [1.54, 1.807) is 18.5 Å². The number of aromatic nitrogens is 3. The number of nitrogens with one attached hydrogen (secondary N) is 2. The minimum atomic E-state index is -0.256. The van der Waals surface area contributed by atoms with Crippen molar-refractivity contribution in [3.05, 3.63) is 41.5 Å². The summed E-state index contributed by atoms with van der Waals surface area (Å²) in [5.74, 6) is 0.0557. The molecule has 6 heteroatoms. The number of nitrogens with zero attached hydrogens (tertiary/aromatic N) is 3. The molecule has 0 fully saturated rings. The maximum Gasteiger partial charge on any atom is 0.260 e. The first-order chi connectivity index (χ1) is 9.60. The lowest BCUT2D eigenvalue weighted by Gasteiger charge is -2.10. The maximum absolute atomic E-state index is 12.3. The van der Waals surface area contributed by atoms with Crippen LogP contribution in [-0.4, -0.2) is 27.4 Å². The molecule has 0 atom stereocenters. The summed E-state index contributed by atoms with van der Waals surface area (Å²) in [6.45, 7) is 6.40. The van der Waals surface area contributed by atoms with E-state index in [-0.39, 0.29) is 5.91 Å². The summed E-state index contributed by atoms with van der Waals surface area (Å²) in [5.41, 5.74) is 2.84. The van der Waals surface area contributed by atoms with Gasteiger partial charge in [-0.2, -0.15) is 0 Å². The van der Waals surface area contributed by atoms with Gasteiger partial charge < -0.3 is 5.32 Å². The fraction of sp³-hybridized carbons (Fsp3) is 0.286. The number of aryl methyl sites for hydroxylation is 2. The van der Waals surface area contributed by atoms with Gasteiger partial charge in [-0.1, -0.05) is 0 Å². The fourth-order valence-corrected chi connectivity index (χ4v) is 1.87. The molecule has 6 nitrogen and oxygen atoms in total. The summed E-state index contributed by atoms with van der Waals surface area (Å²) in [6, 6.07) is 3.52. The van der Waals surface area contributed by atoms with Crippen LogP contribution in [-0.2, 0) is 0 Å². The normalized spacial score (nSPS) is 10.2. The zero-order valence-corrected chi connectivity index (χ0v) is 11.8. The van der Waals surface area contributed by atoms with Gasteiger partial charge in [-0.05, 0) is 32.9 Å². The van der Waals surface area contributed by atoms with Gasteiger partial charge in [0.2, 0.25) is 5.95 Å². The average Bonchev–Trinajstić information content (AvgIpc) is 2.38. The third-order valence-electron chi connectivity index (χ3n) is 2.64. The van der Waals surface area contributed by atoms with Crippen molar-refractivity contribution < 1.29 is 4.79 Å². The Kier molecular flexibility index (Phi) is 4.24. The first-order valence-corrected chi connectivity index (χ1v) is 6.41. The van der Waals surface area contributed by atoms with Crippen molar-refractivity contribution in [3.63, 3.8) is 0 Å². The van der Waals surface area contributed by atoms with Gasteiger partial charge in [-0.3, -0.25) is 15.1 Å². The van der Waals surface area contributed by atoms with Crippen LogP contribution in [0.5, 0.6) is 0 Å². The number of amides is 1. The van der Waals surface area contributed by atoms with Crippen molar-refractivity contribution in [1.82, 2.24) is 15.0 Å². The van der Waals surface area contributed by atoms with Crippen LogP contribution in [0.25, 0.3) is 0 Å². The average molecular weight is 271 g/mol. The van der Waals surface area contributed by atoms with Gasteiger partial charge in [-0.25, -0.2) is 9.97 Å². The van der Waals surface area contributed by atoms with Gasteiger partial charge in [0.15, 0.2) is 0 Å². The predicted octanol–water partition coefficient (Wildman–Crippen LogP) is 2.17. The van der Waals surface area contributed by atoms with Crippen molar-refractivity contribution in [3.8, 4) is 0 Å². The molecule has 2 rings (SSSR count). The quantitative estimate of drug-likeness (QED) is 0.890. The van der Waals surface area contributed by atoms with Gasteiger partial charge in [0.25, 0.3) is 5.91 Å². The largest absolute Gasteiger partial charge is 0.383 e. The number of hydrogen-bond donors (Lipinski definition) is 2. The van der Waals surface area contributed by atoms with Crippen LogP contribution in [0.1, 0.15) is 28.7 Å². The zero-order chi connectivity index (χ0) is 14.5. The lowest BCUT2D eigenvalue weighted by Crippen LogP contribution is -2.17. The Labute approximate surface area is 117 Å². The van der Waals surface area contributed by atoms with Crippen molar-refractivity contribution in [2.45, 2.75) is 20.8 Å². The van der Waals surface area contributed by atoms with Crippen molar-refractivity contribution >= 4 is 17.5 Å². The minimum Gasteiger partial charge on any atom is -0.383 e. The number of rotatable bonds is 4. The van der Waals surface area contributed by atoms with E-state index in [0.29, 0.717) is 23.7 Å². The van der Waals surface area contributed by atoms with Gasteiger partial charge in [0, 0.05) is 24.1 Å². The summed E-state index contributed by atoms with van der Waals surface area (Å²) < 4.78 is 0. The summed E-state index contributed by atoms with van der Waals surface area (Å²) in [5, 5.41) is 5.81. The highest BCUT2D eigenvalue weighted by Crippen LogP contribution is 2.15. The lowest BCUT2D eigenvalue weighted by molar-refractivity contribution is 0.102. The fourth-order valence-electron chi connectivity index (χ4n) is 1.87. The van der Waals surface area contributed by atoms with Gasteiger partial charge in [-0.15, -0.1) is 0 Å². The second-order valence-corrected chi connectivity index (χ2v) is 4.38. The monoisotopic (exact) mass is 271 g/mol. The molecule has 0 aliphatic carbocycles. The molecule has 1 amide bonds. The van der Waals surface area contributed by atoms with Crippen molar-refractivity contribution in [1.29, 1.82) is 0 Å². The molecule has 0 radical (unpaired) electrons. The Morgan fingerprint density at radius 2 is 1.95 bits per heavy atom. The Hall–Kier alpha value is -2.50. The first-order valence-electron chi connectivity index (χ1n) is 6.41. The molecule has 0 saturated heterocycles. The lowest BCUT2D eigenvalue weighted by atomic mass is 10.2. The molecule has 0 bridgehead atoms. The molecule has 104 valence electrons. The number of carbonyl (C=O) groups excluding carboxylic acids is 1. The third kappa shape index (κ3) is 3.28. The molecule has 2 aromatic rings. The van der Waals surface area contributed by atoms with Crippen LogP contribution < -0.4 is 10.6 Å². The number of carbonyl (C=O) groups is 1. The number of pyridine rings is 1. The van der Waals surface area contributed by atoms with E-state index < -0.39 is 0 Å². The van der Waals surface area contributed by atoms with Gasteiger partial charge >= 0.3 is 0 Å². The highest BCUT2D eigenvalue weighted by atomic mass is 16.1. The van der Waals surface area contributed by atoms with E-state index in [1.807, 2.05) is 26.8 Å². The molecule has 0 aromatic carbocycles. The highest BCUT2D eigenvalue weighted by Gasteiger charge is 2.12. The number of anilines is 2. The van der Waals surface area contributed by atoms with Crippen LogP contribution in [0.4, 0.5) is 11.6 Å². The third-order valence-corrected chi connectivity index (χ3v) is 2.64. The van der Waals surface area contributed by atoms with Crippen LogP contribution in [0.2, 0.25) is 0 Å². The Balaban J connectivity index is 2.23. The minimum absolute atomic E-state index is 0.256. The molecule has 0 aliphatic heterocycles. The van der Waals surface area contributed by atoms with Crippen molar-refractivity contribution in [2.75, 3.05) is 17.2 Å². The predicted molar refractivity (Wildman–Crippen MR) is 77.9 cm³/mol. The molecular formula is C14H17N5O. The molecule has 0 unspecified atom stereocenters. The standard InChI is InChI=1S/C14H17N5O/c1-4-16-12-8-15-6-5-11(12)13(20)19-14-17-9(2)7-10(3)18-14/h5-8,16H,4H2,1-3H3,(H,17,18,19,20). The molecule has 2 heterocycles. The Bertz CT molecular complexity index is 606. The Morgan fingerprint density at radius 1 is 1.25 bits per heavy atom.